The Morgan fingerprint density at radius 2 is 2.11 bits per heavy atom. The van der Waals surface area contributed by atoms with Gasteiger partial charge in [0.2, 0.25) is 5.91 Å². The first kappa shape index (κ1) is 13.9. The summed E-state index contributed by atoms with van der Waals surface area (Å²) in [5, 5.41) is 3.44. The highest BCUT2D eigenvalue weighted by atomic mass is 16.2. The van der Waals surface area contributed by atoms with Crippen LogP contribution in [0.4, 0.5) is 0 Å². The summed E-state index contributed by atoms with van der Waals surface area (Å²) in [4.78, 5) is 14.7. The Morgan fingerprint density at radius 3 is 2.67 bits per heavy atom. The van der Waals surface area contributed by atoms with Crippen molar-refractivity contribution in [3.63, 3.8) is 0 Å². The number of carbonyl (C=O) groups excluding carboxylic acids is 1. The number of likely N-dealkylation sites (tertiary alicyclic amines) is 1. The fourth-order valence-electron chi connectivity index (χ4n) is 3.35. The van der Waals surface area contributed by atoms with E-state index in [0.717, 1.165) is 26.1 Å². The molecule has 0 aromatic heterocycles. The first-order valence-corrected chi connectivity index (χ1v) is 7.44. The number of hydrogen-bond donors (Lipinski definition) is 1. The number of nitrogens with one attached hydrogen (secondary N) is 1. The molecule has 2 heterocycles. The lowest BCUT2D eigenvalue weighted by Crippen LogP contribution is -2.56. The predicted molar refractivity (Wildman–Crippen MR) is 74.3 cm³/mol. The second-order valence-corrected chi connectivity index (χ2v) is 7.06. The van der Waals surface area contributed by atoms with Crippen LogP contribution in [-0.2, 0) is 4.79 Å². The standard InChI is InChI=1S/C15H28N2O/c1-11(2)12-6-9-17(10-12)14(18)13-15(3,4)7-5-8-16-13/h11-13,16H,5-10H2,1-4H3. The summed E-state index contributed by atoms with van der Waals surface area (Å²) in [6.07, 6.45) is 3.51. The second-order valence-electron chi connectivity index (χ2n) is 7.06. The third kappa shape index (κ3) is 2.71. The lowest BCUT2D eigenvalue weighted by atomic mass is 9.77. The Labute approximate surface area is 111 Å². The zero-order valence-corrected chi connectivity index (χ0v) is 12.3. The molecule has 0 aromatic carbocycles. The van der Waals surface area contributed by atoms with Crippen LogP contribution in [0.1, 0.15) is 47.0 Å². The quantitative estimate of drug-likeness (QED) is 0.817. The molecule has 0 bridgehead atoms. The smallest absolute Gasteiger partial charge is 0.240 e. The topological polar surface area (TPSA) is 32.3 Å². The lowest BCUT2D eigenvalue weighted by Gasteiger charge is -2.40. The van der Waals surface area contributed by atoms with Crippen LogP contribution in [0.15, 0.2) is 0 Å². The van der Waals surface area contributed by atoms with Gasteiger partial charge >= 0.3 is 0 Å². The van der Waals surface area contributed by atoms with Gasteiger partial charge in [0.15, 0.2) is 0 Å². The molecule has 104 valence electrons. The summed E-state index contributed by atoms with van der Waals surface area (Å²) >= 11 is 0. The number of carbonyl (C=O) groups is 1. The van der Waals surface area contributed by atoms with Crippen LogP contribution < -0.4 is 5.32 Å². The van der Waals surface area contributed by atoms with Gasteiger partial charge in [0.25, 0.3) is 0 Å². The first-order chi connectivity index (χ1) is 8.42. The van der Waals surface area contributed by atoms with E-state index in [1.165, 1.54) is 12.8 Å². The molecule has 2 saturated heterocycles. The molecule has 0 aromatic rings. The molecular formula is C15H28N2O. The summed E-state index contributed by atoms with van der Waals surface area (Å²) in [6, 6.07) is 0.0252. The van der Waals surface area contributed by atoms with Crippen LogP contribution in [0, 0.1) is 17.3 Å². The van der Waals surface area contributed by atoms with Crippen molar-refractivity contribution in [2.45, 2.75) is 53.0 Å². The van der Waals surface area contributed by atoms with Gasteiger partial charge in [-0.1, -0.05) is 27.7 Å². The minimum Gasteiger partial charge on any atom is -0.341 e. The second kappa shape index (κ2) is 5.20. The van der Waals surface area contributed by atoms with Gasteiger partial charge in [-0.05, 0) is 43.1 Å². The molecule has 2 fully saturated rings. The van der Waals surface area contributed by atoms with Crippen LogP contribution in [0.5, 0.6) is 0 Å². The van der Waals surface area contributed by atoms with Crippen molar-refractivity contribution in [1.29, 1.82) is 0 Å². The van der Waals surface area contributed by atoms with Gasteiger partial charge in [-0.15, -0.1) is 0 Å². The van der Waals surface area contributed by atoms with E-state index in [4.69, 9.17) is 0 Å². The Balaban J connectivity index is 1.99. The Kier molecular flexibility index (Phi) is 4.00. The summed E-state index contributed by atoms with van der Waals surface area (Å²) in [6.45, 7) is 11.9. The molecule has 0 radical (unpaired) electrons. The van der Waals surface area contributed by atoms with Crippen LogP contribution in [0.25, 0.3) is 0 Å². The summed E-state index contributed by atoms with van der Waals surface area (Å²) in [5.41, 5.74) is 0.102. The largest absolute Gasteiger partial charge is 0.341 e. The maximum atomic E-state index is 12.6. The van der Waals surface area contributed by atoms with E-state index in [0.29, 0.717) is 17.7 Å². The molecule has 1 amide bonds. The van der Waals surface area contributed by atoms with Crippen molar-refractivity contribution in [2.75, 3.05) is 19.6 Å². The number of nitrogens with zero attached hydrogens (tertiary/aromatic N) is 1. The van der Waals surface area contributed by atoms with E-state index in [9.17, 15) is 4.79 Å². The highest BCUT2D eigenvalue weighted by Gasteiger charge is 2.41. The molecule has 2 atom stereocenters. The maximum Gasteiger partial charge on any atom is 0.240 e. The van der Waals surface area contributed by atoms with Crippen LogP contribution in [-0.4, -0.2) is 36.5 Å². The van der Waals surface area contributed by atoms with Crippen LogP contribution in [0.3, 0.4) is 0 Å². The molecule has 2 aliphatic rings. The first-order valence-electron chi connectivity index (χ1n) is 7.44. The van der Waals surface area contributed by atoms with E-state index in [1.807, 2.05) is 0 Å². The molecule has 3 nitrogen and oxygen atoms in total. The van der Waals surface area contributed by atoms with Crippen molar-refractivity contribution >= 4 is 5.91 Å². The van der Waals surface area contributed by atoms with E-state index in [1.54, 1.807) is 0 Å². The van der Waals surface area contributed by atoms with E-state index < -0.39 is 0 Å². The van der Waals surface area contributed by atoms with Crippen molar-refractivity contribution in [3.05, 3.63) is 0 Å². The molecule has 3 heteroatoms. The molecule has 2 aliphatic heterocycles. The Bertz CT molecular complexity index is 312. The number of piperidine rings is 1. The molecule has 1 N–H and O–H groups in total. The number of amides is 1. The van der Waals surface area contributed by atoms with E-state index in [-0.39, 0.29) is 11.5 Å². The maximum absolute atomic E-state index is 12.6. The minimum absolute atomic E-state index is 0.0252. The van der Waals surface area contributed by atoms with E-state index >= 15 is 0 Å². The van der Waals surface area contributed by atoms with Crippen LogP contribution >= 0.6 is 0 Å². The lowest BCUT2D eigenvalue weighted by molar-refractivity contribution is -0.136. The van der Waals surface area contributed by atoms with Crippen molar-refractivity contribution < 1.29 is 4.79 Å². The van der Waals surface area contributed by atoms with Gasteiger partial charge in [-0.25, -0.2) is 0 Å². The fourth-order valence-corrected chi connectivity index (χ4v) is 3.35. The molecule has 18 heavy (non-hydrogen) atoms. The predicted octanol–water partition coefficient (Wildman–Crippen LogP) is 2.27. The van der Waals surface area contributed by atoms with Crippen molar-refractivity contribution in [1.82, 2.24) is 10.2 Å². The molecular weight excluding hydrogens is 224 g/mol. The molecule has 0 saturated carbocycles. The van der Waals surface area contributed by atoms with Gasteiger partial charge in [0, 0.05) is 13.1 Å². The van der Waals surface area contributed by atoms with Gasteiger partial charge in [-0.2, -0.15) is 0 Å². The van der Waals surface area contributed by atoms with Gasteiger partial charge in [0.05, 0.1) is 6.04 Å². The third-order valence-corrected chi connectivity index (χ3v) is 4.85. The third-order valence-electron chi connectivity index (χ3n) is 4.85. The summed E-state index contributed by atoms with van der Waals surface area (Å²) in [5.74, 6) is 1.72. The SMILES string of the molecule is CC(C)C1CCN(C(=O)C2NCCCC2(C)C)C1. The number of rotatable bonds is 2. The monoisotopic (exact) mass is 252 g/mol. The van der Waals surface area contributed by atoms with Gasteiger partial charge in [0.1, 0.15) is 0 Å². The van der Waals surface area contributed by atoms with E-state index in [2.05, 4.69) is 37.9 Å². The Morgan fingerprint density at radius 1 is 1.39 bits per heavy atom. The Hall–Kier alpha value is -0.570. The average molecular weight is 252 g/mol. The van der Waals surface area contributed by atoms with Gasteiger partial charge < -0.3 is 10.2 Å². The van der Waals surface area contributed by atoms with Crippen molar-refractivity contribution in [2.24, 2.45) is 17.3 Å². The normalized spacial score (nSPS) is 31.9. The average Bonchev–Trinajstić information content (AvgIpc) is 2.77. The van der Waals surface area contributed by atoms with Crippen molar-refractivity contribution in [3.8, 4) is 0 Å². The molecule has 0 aliphatic carbocycles. The highest BCUT2D eigenvalue weighted by Crippen LogP contribution is 2.33. The van der Waals surface area contributed by atoms with Crippen LogP contribution in [0.2, 0.25) is 0 Å². The minimum atomic E-state index is 0.0252. The highest BCUT2D eigenvalue weighted by molar-refractivity contribution is 5.83. The zero-order chi connectivity index (χ0) is 13.3. The summed E-state index contributed by atoms with van der Waals surface area (Å²) < 4.78 is 0. The fraction of sp³-hybridized carbons (Fsp3) is 0.933. The molecule has 2 unspecified atom stereocenters. The molecule has 2 rings (SSSR count). The van der Waals surface area contributed by atoms with Gasteiger partial charge in [-0.3, -0.25) is 4.79 Å². The number of hydrogen-bond acceptors (Lipinski definition) is 2. The molecule has 0 spiro atoms. The zero-order valence-electron chi connectivity index (χ0n) is 12.3. The summed E-state index contributed by atoms with van der Waals surface area (Å²) in [7, 11) is 0.